The highest BCUT2D eigenvalue weighted by molar-refractivity contribution is 6.32. The normalized spacial score (nSPS) is 18.4. The molecular formula is C18H25ClN2O4. The molecule has 0 bridgehead atoms. The third-order valence-electron chi connectivity index (χ3n) is 4.40. The van der Waals surface area contributed by atoms with Gasteiger partial charge in [0.2, 0.25) is 11.8 Å². The molecular weight excluding hydrogens is 344 g/mol. The summed E-state index contributed by atoms with van der Waals surface area (Å²) in [6.07, 6.45) is 2.58. The maximum absolute atomic E-state index is 12.5. The first-order valence-electron chi connectivity index (χ1n) is 8.40. The molecule has 1 fully saturated rings. The first-order valence-corrected chi connectivity index (χ1v) is 8.78. The molecule has 25 heavy (non-hydrogen) atoms. The Labute approximate surface area is 153 Å². The fourth-order valence-corrected chi connectivity index (χ4v) is 2.96. The van der Waals surface area contributed by atoms with Crippen molar-refractivity contribution in [1.82, 2.24) is 4.90 Å². The fraction of sp³-hybridized carbons (Fsp3) is 0.556. The van der Waals surface area contributed by atoms with Gasteiger partial charge in [0.05, 0.1) is 36.8 Å². The van der Waals surface area contributed by atoms with Crippen LogP contribution < -0.4 is 14.8 Å². The highest BCUT2D eigenvalue weighted by Crippen LogP contribution is 2.42. The lowest BCUT2D eigenvalue weighted by molar-refractivity contribution is -0.132. The molecule has 1 aromatic rings. The van der Waals surface area contributed by atoms with E-state index in [9.17, 15) is 9.59 Å². The number of nitrogens with one attached hydrogen (secondary N) is 1. The van der Waals surface area contributed by atoms with Crippen molar-refractivity contribution >= 4 is 29.1 Å². The van der Waals surface area contributed by atoms with Crippen LogP contribution >= 0.6 is 11.6 Å². The van der Waals surface area contributed by atoms with E-state index in [0.717, 1.165) is 19.4 Å². The van der Waals surface area contributed by atoms with E-state index < -0.39 is 0 Å². The summed E-state index contributed by atoms with van der Waals surface area (Å²) in [7, 11) is 4.79. The maximum Gasteiger partial charge on any atom is 0.228 e. The van der Waals surface area contributed by atoms with Gasteiger partial charge in [-0.25, -0.2) is 0 Å². The summed E-state index contributed by atoms with van der Waals surface area (Å²) >= 11 is 6.07. The summed E-state index contributed by atoms with van der Waals surface area (Å²) in [5.41, 5.74) is 0.478. The Morgan fingerprint density at radius 2 is 1.92 bits per heavy atom. The van der Waals surface area contributed by atoms with E-state index in [1.165, 1.54) is 14.2 Å². The molecule has 1 aliphatic rings. The van der Waals surface area contributed by atoms with Gasteiger partial charge in [-0.2, -0.15) is 0 Å². The number of hydrogen-bond acceptors (Lipinski definition) is 4. The quantitative estimate of drug-likeness (QED) is 0.765. The number of ether oxygens (including phenoxy) is 2. The van der Waals surface area contributed by atoms with Gasteiger partial charge in [-0.1, -0.05) is 24.9 Å². The Balaban J connectivity index is 2.01. The first kappa shape index (κ1) is 19.4. The molecule has 1 aliphatic carbocycles. The average Bonchev–Trinajstić information content (AvgIpc) is 3.40. The predicted octanol–water partition coefficient (Wildman–Crippen LogP) is 3.19. The number of anilines is 1. The molecule has 2 atom stereocenters. The molecule has 1 saturated carbocycles. The number of hydrogen-bond donors (Lipinski definition) is 1. The zero-order chi connectivity index (χ0) is 18.6. The van der Waals surface area contributed by atoms with E-state index in [4.69, 9.17) is 21.1 Å². The Bertz CT molecular complexity index is 650. The molecule has 138 valence electrons. The molecule has 7 heteroatoms. The molecule has 0 heterocycles. The highest BCUT2D eigenvalue weighted by atomic mass is 35.5. The number of unbranched alkanes of at least 4 members (excludes halogenated alkanes) is 1. The van der Waals surface area contributed by atoms with E-state index in [2.05, 4.69) is 12.2 Å². The van der Waals surface area contributed by atoms with Gasteiger partial charge >= 0.3 is 0 Å². The average molecular weight is 369 g/mol. The van der Waals surface area contributed by atoms with E-state index in [1.54, 1.807) is 24.1 Å². The van der Waals surface area contributed by atoms with E-state index in [1.807, 2.05) is 0 Å². The number of halogens is 1. The smallest absolute Gasteiger partial charge is 0.228 e. The van der Waals surface area contributed by atoms with E-state index in [-0.39, 0.29) is 23.7 Å². The summed E-state index contributed by atoms with van der Waals surface area (Å²) in [6.45, 7) is 2.81. The molecule has 2 unspecified atom stereocenters. The van der Waals surface area contributed by atoms with Crippen molar-refractivity contribution < 1.29 is 19.1 Å². The topological polar surface area (TPSA) is 67.9 Å². The molecule has 1 N–H and O–H groups in total. The van der Waals surface area contributed by atoms with Crippen molar-refractivity contribution in [1.29, 1.82) is 0 Å². The Hall–Kier alpha value is -1.95. The zero-order valence-corrected chi connectivity index (χ0v) is 15.9. The minimum Gasteiger partial charge on any atom is -0.495 e. The number of amides is 2. The van der Waals surface area contributed by atoms with Gasteiger partial charge in [0, 0.05) is 25.7 Å². The van der Waals surface area contributed by atoms with Crippen molar-refractivity contribution in [3.05, 3.63) is 17.2 Å². The SMILES string of the molecule is CCCCN(C)C(=O)C1CC1C(=O)Nc1cc(OC)c(Cl)cc1OC. The lowest BCUT2D eigenvalue weighted by Gasteiger charge is -2.17. The van der Waals surface area contributed by atoms with Crippen LogP contribution in [0.2, 0.25) is 5.02 Å². The number of rotatable bonds is 8. The van der Waals surface area contributed by atoms with Crippen molar-refractivity contribution in [2.24, 2.45) is 11.8 Å². The summed E-state index contributed by atoms with van der Waals surface area (Å²) in [5, 5.41) is 3.22. The number of nitrogens with zero attached hydrogens (tertiary/aromatic N) is 1. The minimum absolute atomic E-state index is 0.0363. The summed E-state index contributed by atoms with van der Waals surface area (Å²) in [6, 6.07) is 3.20. The number of carbonyl (C=O) groups excluding carboxylic acids is 2. The molecule has 6 nitrogen and oxygen atoms in total. The Morgan fingerprint density at radius 1 is 1.24 bits per heavy atom. The van der Waals surface area contributed by atoms with Crippen LogP contribution in [0.5, 0.6) is 11.5 Å². The third-order valence-corrected chi connectivity index (χ3v) is 4.69. The predicted molar refractivity (Wildman–Crippen MR) is 97.3 cm³/mol. The Kier molecular flexibility index (Phi) is 6.53. The van der Waals surface area contributed by atoms with Gasteiger partial charge in [0.1, 0.15) is 11.5 Å². The molecule has 0 saturated heterocycles. The standard InChI is InChI=1S/C18H25ClN2O4/c1-5-6-7-21(2)18(23)12-8-11(12)17(22)20-14-10-15(24-3)13(19)9-16(14)25-4/h9-12H,5-8H2,1-4H3,(H,20,22). The minimum atomic E-state index is -0.303. The number of benzene rings is 1. The largest absolute Gasteiger partial charge is 0.495 e. The van der Waals surface area contributed by atoms with Gasteiger partial charge in [-0.15, -0.1) is 0 Å². The van der Waals surface area contributed by atoms with Gasteiger partial charge in [0.25, 0.3) is 0 Å². The Morgan fingerprint density at radius 3 is 2.52 bits per heavy atom. The second-order valence-corrected chi connectivity index (χ2v) is 6.65. The van der Waals surface area contributed by atoms with Crippen LogP contribution in [0, 0.1) is 11.8 Å². The van der Waals surface area contributed by atoms with Gasteiger partial charge in [-0.05, 0) is 12.8 Å². The van der Waals surface area contributed by atoms with Gasteiger partial charge < -0.3 is 19.7 Å². The first-order chi connectivity index (χ1) is 11.9. The van der Waals surface area contributed by atoms with Crippen molar-refractivity contribution in [2.45, 2.75) is 26.2 Å². The van der Waals surface area contributed by atoms with Crippen LogP contribution in [0.3, 0.4) is 0 Å². The number of carbonyl (C=O) groups is 2. The molecule has 0 aliphatic heterocycles. The summed E-state index contributed by atoms with van der Waals surface area (Å²) in [5.74, 6) is 0.201. The van der Waals surface area contributed by atoms with Crippen LogP contribution in [0.1, 0.15) is 26.2 Å². The molecule has 0 spiro atoms. The zero-order valence-electron chi connectivity index (χ0n) is 15.1. The van der Waals surface area contributed by atoms with Crippen LogP contribution in [0.4, 0.5) is 5.69 Å². The lowest BCUT2D eigenvalue weighted by atomic mass is 10.2. The van der Waals surface area contributed by atoms with Crippen molar-refractivity contribution in [2.75, 3.05) is 33.1 Å². The number of methoxy groups -OCH3 is 2. The van der Waals surface area contributed by atoms with Crippen LogP contribution in [0.15, 0.2) is 12.1 Å². The van der Waals surface area contributed by atoms with Crippen LogP contribution in [-0.4, -0.2) is 44.5 Å². The van der Waals surface area contributed by atoms with Crippen LogP contribution in [0.25, 0.3) is 0 Å². The highest BCUT2D eigenvalue weighted by Gasteiger charge is 2.49. The summed E-state index contributed by atoms with van der Waals surface area (Å²) in [4.78, 5) is 26.5. The molecule has 1 aromatic carbocycles. The second kappa shape index (κ2) is 8.43. The molecule has 0 radical (unpaired) electrons. The van der Waals surface area contributed by atoms with E-state index >= 15 is 0 Å². The van der Waals surface area contributed by atoms with Crippen LogP contribution in [-0.2, 0) is 9.59 Å². The monoisotopic (exact) mass is 368 g/mol. The lowest BCUT2D eigenvalue weighted by Crippen LogP contribution is -2.30. The summed E-state index contributed by atoms with van der Waals surface area (Å²) < 4.78 is 10.4. The maximum atomic E-state index is 12.5. The molecule has 2 rings (SSSR count). The van der Waals surface area contributed by atoms with Gasteiger partial charge in [-0.3, -0.25) is 9.59 Å². The molecule has 0 aromatic heterocycles. The van der Waals surface area contributed by atoms with E-state index in [0.29, 0.717) is 28.6 Å². The van der Waals surface area contributed by atoms with Gasteiger partial charge in [0.15, 0.2) is 0 Å². The van der Waals surface area contributed by atoms with Crippen molar-refractivity contribution in [3.63, 3.8) is 0 Å². The second-order valence-electron chi connectivity index (χ2n) is 6.24. The third kappa shape index (κ3) is 4.57. The fourth-order valence-electron chi connectivity index (χ4n) is 2.73. The molecule has 2 amide bonds. The van der Waals surface area contributed by atoms with Crippen molar-refractivity contribution in [3.8, 4) is 11.5 Å².